The molecule has 0 atom stereocenters. The van der Waals surface area contributed by atoms with Crippen LogP contribution in [0.2, 0.25) is 0 Å². The quantitative estimate of drug-likeness (QED) is 0.211. The first-order chi connectivity index (χ1) is 18.8. The number of aromatic nitrogens is 2. The van der Waals surface area contributed by atoms with Gasteiger partial charge >= 0.3 is 12.5 Å². The van der Waals surface area contributed by atoms with Crippen molar-refractivity contribution in [3.05, 3.63) is 72.1 Å². The lowest BCUT2D eigenvalue weighted by atomic mass is 10.0. The number of hydrogen-bond donors (Lipinski definition) is 2. The first kappa shape index (κ1) is 28.6. The van der Waals surface area contributed by atoms with Gasteiger partial charge in [0.1, 0.15) is 17.2 Å². The third-order valence-corrected chi connectivity index (χ3v) is 5.68. The molecular formula is C27H24F6N4O3. The molecule has 0 aliphatic carbocycles. The smallest absolute Gasteiger partial charge is 0.456 e. The molecule has 4 aromatic rings. The molecule has 2 heterocycles. The number of nitrogens with zero attached hydrogens (tertiary/aromatic N) is 2. The van der Waals surface area contributed by atoms with Gasteiger partial charge in [0.05, 0.1) is 30.2 Å². The number of nitrogens with one attached hydrogen (secondary N) is 2. The van der Waals surface area contributed by atoms with Crippen molar-refractivity contribution in [1.82, 2.24) is 14.7 Å². The number of halogens is 6. The van der Waals surface area contributed by atoms with Crippen molar-refractivity contribution in [3.63, 3.8) is 0 Å². The molecule has 0 aliphatic rings. The number of alkyl halides is 6. The highest BCUT2D eigenvalue weighted by molar-refractivity contribution is 5.96. The summed E-state index contributed by atoms with van der Waals surface area (Å²) in [6.45, 7) is 3.59. The molecule has 0 saturated carbocycles. The van der Waals surface area contributed by atoms with Crippen LogP contribution in [0.1, 0.15) is 29.3 Å². The lowest BCUT2D eigenvalue weighted by molar-refractivity contribution is -0.274. The highest BCUT2D eigenvalue weighted by Crippen LogP contribution is 2.34. The second-order valence-corrected chi connectivity index (χ2v) is 8.73. The van der Waals surface area contributed by atoms with E-state index >= 15 is 0 Å². The van der Waals surface area contributed by atoms with E-state index < -0.39 is 31.3 Å². The number of anilines is 1. The summed E-state index contributed by atoms with van der Waals surface area (Å²) in [5.41, 5.74) is 2.89. The zero-order valence-corrected chi connectivity index (χ0v) is 21.3. The van der Waals surface area contributed by atoms with E-state index in [0.717, 1.165) is 12.1 Å². The molecule has 13 heteroatoms. The molecule has 7 nitrogen and oxygen atoms in total. The molecule has 4 rings (SSSR count). The van der Waals surface area contributed by atoms with Gasteiger partial charge in [-0.05, 0) is 43.7 Å². The van der Waals surface area contributed by atoms with Crippen LogP contribution in [-0.2, 0) is 0 Å². The molecule has 1 amide bonds. The van der Waals surface area contributed by atoms with E-state index in [1.807, 2.05) is 0 Å². The number of fused-ring (bicyclic) bond motifs is 1. The maximum atomic E-state index is 12.8. The predicted octanol–water partition coefficient (Wildman–Crippen LogP) is 7.11. The van der Waals surface area contributed by atoms with Gasteiger partial charge < -0.3 is 20.1 Å². The van der Waals surface area contributed by atoms with Gasteiger partial charge in [-0.2, -0.15) is 13.2 Å². The van der Waals surface area contributed by atoms with E-state index in [1.54, 1.807) is 36.4 Å². The Labute approximate surface area is 224 Å². The number of ether oxygens (including phenoxy) is 2. The lowest BCUT2D eigenvalue weighted by Gasteiger charge is -2.15. The van der Waals surface area contributed by atoms with E-state index in [9.17, 15) is 31.1 Å². The molecule has 2 aromatic carbocycles. The van der Waals surface area contributed by atoms with Gasteiger partial charge in [-0.15, -0.1) is 13.2 Å². The number of carbonyl (C=O) groups is 1. The fraction of sp³-hybridized carbons (Fsp3) is 0.259. The SMILES string of the molecule is CCNC(=O)c1ccc(-c2cnc3c(NCCC(F)(F)F)cc(Oc4cccc(OC(F)(F)F)c4)cn23)cc1C. The van der Waals surface area contributed by atoms with Crippen molar-refractivity contribution in [2.45, 2.75) is 32.8 Å². The van der Waals surface area contributed by atoms with Crippen LogP contribution in [0.4, 0.5) is 32.0 Å². The summed E-state index contributed by atoms with van der Waals surface area (Å²) >= 11 is 0. The van der Waals surface area contributed by atoms with E-state index in [4.69, 9.17) is 4.74 Å². The molecular weight excluding hydrogens is 542 g/mol. The maximum Gasteiger partial charge on any atom is 0.573 e. The summed E-state index contributed by atoms with van der Waals surface area (Å²) in [7, 11) is 0. The highest BCUT2D eigenvalue weighted by Gasteiger charge is 2.31. The Morgan fingerprint density at radius 3 is 2.42 bits per heavy atom. The summed E-state index contributed by atoms with van der Waals surface area (Å²) in [4.78, 5) is 16.7. The zero-order chi connectivity index (χ0) is 29.1. The summed E-state index contributed by atoms with van der Waals surface area (Å²) in [5.74, 6) is -0.610. The van der Waals surface area contributed by atoms with Crippen molar-refractivity contribution in [3.8, 4) is 28.5 Å². The van der Waals surface area contributed by atoms with Crippen LogP contribution in [0.3, 0.4) is 0 Å². The molecule has 0 saturated heterocycles. The number of imidazole rings is 1. The average Bonchev–Trinajstić information content (AvgIpc) is 3.26. The van der Waals surface area contributed by atoms with Gasteiger partial charge in [0.2, 0.25) is 0 Å². The van der Waals surface area contributed by atoms with Crippen LogP contribution in [0, 0.1) is 6.92 Å². The molecule has 0 bridgehead atoms. The normalized spacial score (nSPS) is 11.9. The Balaban J connectivity index is 1.73. The molecule has 0 unspecified atom stereocenters. The van der Waals surface area contributed by atoms with Gasteiger partial charge in [0.25, 0.3) is 5.91 Å². The van der Waals surface area contributed by atoms with Crippen LogP contribution in [0.5, 0.6) is 17.2 Å². The molecule has 0 fully saturated rings. The summed E-state index contributed by atoms with van der Waals surface area (Å²) in [6, 6.07) is 11.4. The first-order valence-corrected chi connectivity index (χ1v) is 12.1. The van der Waals surface area contributed by atoms with Crippen LogP contribution < -0.4 is 20.1 Å². The van der Waals surface area contributed by atoms with E-state index in [2.05, 4.69) is 20.4 Å². The van der Waals surface area contributed by atoms with Gasteiger partial charge in [-0.3, -0.25) is 9.20 Å². The highest BCUT2D eigenvalue weighted by atomic mass is 19.4. The lowest BCUT2D eigenvalue weighted by Crippen LogP contribution is -2.23. The van der Waals surface area contributed by atoms with Crippen molar-refractivity contribution in [2.75, 3.05) is 18.4 Å². The minimum atomic E-state index is -4.90. The Hall–Kier alpha value is -4.42. The first-order valence-electron chi connectivity index (χ1n) is 12.1. The van der Waals surface area contributed by atoms with Gasteiger partial charge in [-0.25, -0.2) is 4.98 Å². The van der Waals surface area contributed by atoms with E-state index in [1.165, 1.54) is 30.6 Å². The predicted molar refractivity (Wildman–Crippen MR) is 136 cm³/mol. The number of pyridine rings is 1. The van der Waals surface area contributed by atoms with Crippen molar-refractivity contribution in [1.29, 1.82) is 0 Å². The van der Waals surface area contributed by atoms with Crippen LogP contribution in [0.15, 0.2) is 60.9 Å². The molecule has 0 radical (unpaired) electrons. The molecule has 212 valence electrons. The number of benzene rings is 2. The topological polar surface area (TPSA) is 76.9 Å². The summed E-state index contributed by atoms with van der Waals surface area (Å²) in [6.07, 6.45) is -7.36. The maximum absolute atomic E-state index is 12.8. The summed E-state index contributed by atoms with van der Waals surface area (Å²) < 4.78 is 87.6. The van der Waals surface area contributed by atoms with Gasteiger partial charge in [0.15, 0.2) is 5.65 Å². The molecule has 0 aliphatic heterocycles. The van der Waals surface area contributed by atoms with Crippen LogP contribution >= 0.6 is 0 Å². The largest absolute Gasteiger partial charge is 0.573 e. The number of aryl methyl sites for hydroxylation is 1. The van der Waals surface area contributed by atoms with E-state index in [0.29, 0.717) is 34.6 Å². The molecule has 2 aromatic heterocycles. The molecule has 0 spiro atoms. The Morgan fingerprint density at radius 1 is 1.00 bits per heavy atom. The fourth-order valence-corrected chi connectivity index (χ4v) is 4.00. The molecule has 2 N–H and O–H groups in total. The Bertz CT molecular complexity index is 1510. The van der Waals surface area contributed by atoms with Crippen molar-refractivity contribution in [2.24, 2.45) is 0 Å². The third kappa shape index (κ3) is 7.16. The number of rotatable bonds is 9. The van der Waals surface area contributed by atoms with Crippen LogP contribution in [-0.4, -0.2) is 40.9 Å². The minimum Gasteiger partial charge on any atom is -0.456 e. The minimum absolute atomic E-state index is 0.00569. The van der Waals surface area contributed by atoms with Gasteiger partial charge in [-0.1, -0.05) is 12.1 Å². The summed E-state index contributed by atoms with van der Waals surface area (Å²) in [5, 5.41) is 5.46. The monoisotopic (exact) mass is 566 g/mol. The average molecular weight is 567 g/mol. The fourth-order valence-electron chi connectivity index (χ4n) is 4.00. The van der Waals surface area contributed by atoms with Crippen LogP contribution in [0.25, 0.3) is 16.9 Å². The molecule has 40 heavy (non-hydrogen) atoms. The third-order valence-electron chi connectivity index (χ3n) is 5.68. The number of amides is 1. The number of carbonyl (C=O) groups excluding carboxylic acids is 1. The second kappa shape index (κ2) is 11.4. The van der Waals surface area contributed by atoms with Crippen molar-refractivity contribution < 1.29 is 40.6 Å². The number of hydrogen-bond acceptors (Lipinski definition) is 5. The second-order valence-electron chi connectivity index (χ2n) is 8.73. The van der Waals surface area contributed by atoms with E-state index in [-0.39, 0.29) is 23.1 Å². The van der Waals surface area contributed by atoms with Crippen molar-refractivity contribution >= 4 is 17.2 Å². The standard InChI is InChI=1S/C27H24F6N4O3/c1-3-34-25(38)21-8-7-17(11-16(21)2)23-14-36-24-22(35-10-9-26(28,29)30)13-20(15-37(23)24)39-18-5-4-6-19(12-18)40-27(31,32)33/h4-8,11-15,35H,3,9-10H2,1-2H3,(H,34,38). The van der Waals surface area contributed by atoms with Gasteiger partial charge in [0, 0.05) is 36.3 Å². The Morgan fingerprint density at radius 2 is 1.75 bits per heavy atom. The Kier molecular flexibility index (Phi) is 8.12. The zero-order valence-electron chi connectivity index (χ0n) is 21.3.